The lowest BCUT2D eigenvalue weighted by Gasteiger charge is -2.21. The van der Waals surface area contributed by atoms with Crippen LogP contribution in [0.3, 0.4) is 0 Å². The Morgan fingerprint density at radius 1 is 0.818 bits per heavy atom. The first-order valence-electron chi connectivity index (χ1n) is 4.17. The third-order valence-electron chi connectivity index (χ3n) is 2.35. The van der Waals surface area contributed by atoms with Gasteiger partial charge in [-0.1, -0.05) is 19.3 Å². The lowest BCUT2D eigenvalue weighted by molar-refractivity contribution is 0.0483. The van der Waals surface area contributed by atoms with E-state index in [1.807, 2.05) is 0 Å². The quantitative estimate of drug-likeness (QED) is 0.354. The molecule has 0 spiro atoms. The minimum absolute atomic E-state index is 0.00231. The Hall–Kier alpha value is -0.160. The second-order valence-electron chi connectivity index (χ2n) is 3.11. The molecule has 2 atom stereocenters. The van der Waals surface area contributed by atoms with Gasteiger partial charge in [0, 0.05) is 12.1 Å². The molecule has 0 unspecified atom stereocenters. The van der Waals surface area contributed by atoms with E-state index in [0.717, 1.165) is 25.7 Å². The molecule has 0 saturated heterocycles. The summed E-state index contributed by atoms with van der Waals surface area (Å²) >= 11 is 0. The average Bonchev–Trinajstić information content (AvgIpc) is 2.27. The number of rotatable bonds is 2. The van der Waals surface area contributed by atoms with Crippen LogP contribution in [-0.4, -0.2) is 22.5 Å². The van der Waals surface area contributed by atoms with Crippen LogP contribution in [0.25, 0.3) is 0 Å². The Balaban J connectivity index is 2.41. The van der Waals surface area contributed by atoms with Gasteiger partial charge in [-0.2, -0.15) is 0 Å². The van der Waals surface area contributed by atoms with Crippen LogP contribution in [0, 0.1) is 0 Å². The molecule has 0 aromatic heterocycles. The van der Waals surface area contributed by atoms with E-state index in [9.17, 15) is 0 Å². The second-order valence-corrected chi connectivity index (χ2v) is 3.11. The maximum absolute atomic E-state index is 8.72. The van der Waals surface area contributed by atoms with Crippen molar-refractivity contribution in [2.75, 3.05) is 0 Å². The first-order chi connectivity index (χ1) is 5.38. The molecule has 0 radical (unpaired) electrons. The van der Waals surface area contributed by atoms with Gasteiger partial charge in [0.05, 0.1) is 0 Å². The molecule has 0 aromatic rings. The van der Waals surface area contributed by atoms with Crippen LogP contribution in [0.2, 0.25) is 0 Å². The molecule has 4 N–H and O–H groups in total. The van der Waals surface area contributed by atoms with Crippen molar-refractivity contribution in [1.82, 2.24) is 11.0 Å². The van der Waals surface area contributed by atoms with Gasteiger partial charge in [-0.05, 0) is 12.8 Å². The van der Waals surface area contributed by atoms with Gasteiger partial charge in [-0.25, -0.2) is 11.0 Å². The molecule has 4 nitrogen and oxygen atoms in total. The van der Waals surface area contributed by atoms with Gasteiger partial charge in [0.25, 0.3) is 0 Å². The topological polar surface area (TPSA) is 64.5 Å². The largest absolute Gasteiger partial charge is 0.316 e. The standard InChI is InChI=1S/C7H16N2O2/c10-8-6-4-2-1-3-5-7(6)9-11/h6-11H,1-5H2/t6-,7-/m1/s1. The lowest BCUT2D eigenvalue weighted by atomic mass is 10.1. The summed E-state index contributed by atoms with van der Waals surface area (Å²) in [5.74, 6) is 0. The Labute approximate surface area is 66.5 Å². The van der Waals surface area contributed by atoms with Crippen LogP contribution in [0.15, 0.2) is 0 Å². The summed E-state index contributed by atoms with van der Waals surface area (Å²) in [5.41, 5.74) is 4.44. The van der Waals surface area contributed by atoms with Crippen LogP contribution in [0.1, 0.15) is 32.1 Å². The summed E-state index contributed by atoms with van der Waals surface area (Å²) in [4.78, 5) is 0. The molecule has 66 valence electrons. The Morgan fingerprint density at radius 2 is 1.27 bits per heavy atom. The van der Waals surface area contributed by atoms with Crippen LogP contribution < -0.4 is 11.0 Å². The fourth-order valence-electron chi connectivity index (χ4n) is 1.62. The zero-order chi connectivity index (χ0) is 8.10. The van der Waals surface area contributed by atoms with E-state index in [-0.39, 0.29) is 12.1 Å². The Bertz CT molecular complexity index is 98.6. The molecule has 1 saturated carbocycles. The van der Waals surface area contributed by atoms with E-state index in [4.69, 9.17) is 10.4 Å². The van der Waals surface area contributed by atoms with Crippen molar-refractivity contribution < 1.29 is 10.4 Å². The molecular formula is C7H16N2O2. The highest BCUT2D eigenvalue weighted by molar-refractivity contribution is 4.79. The van der Waals surface area contributed by atoms with Crippen molar-refractivity contribution in [3.63, 3.8) is 0 Å². The zero-order valence-corrected chi connectivity index (χ0v) is 6.58. The number of nitrogens with one attached hydrogen (secondary N) is 2. The Kier molecular flexibility index (Phi) is 3.79. The number of hydrogen-bond acceptors (Lipinski definition) is 4. The van der Waals surface area contributed by atoms with Gasteiger partial charge in [-0.3, -0.25) is 0 Å². The second kappa shape index (κ2) is 4.66. The van der Waals surface area contributed by atoms with Crippen molar-refractivity contribution in [2.45, 2.75) is 44.2 Å². The van der Waals surface area contributed by atoms with Crippen LogP contribution in [0.5, 0.6) is 0 Å². The molecule has 0 heterocycles. The van der Waals surface area contributed by atoms with Gasteiger partial charge in [-0.15, -0.1) is 0 Å². The maximum Gasteiger partial charge on any atom is 0.0495 e. The van der Waals surface area contributed by atoms with Crippen molar-refractivity contribution >= 4 is 0 Å². The normalized spacial score (nSPS) is 33.3. The summed E-state index contributed by atoms with van der Waals surface area (Å²) in [7, 11) is 0. The predicted molar refractivity (Wildman–Crippen MR) is 40.5 cm³/mol. The van der Waals surface area contributed by atoms with Crippen LogP contribution >= 0.6 is 0 Å². The summed E-state index contributed by atoms with van der Waals surface area (Å²) in [6.07, 6.45) is 5.28. The summed E-state index contributed by atoms with van der Waals surface area (Å²) in [6.45, 7) is 0. The van der Waals surface area contributed by atoms with E-state index in [1.54, 1.807) is 0 Å². The monoisotopic (exact) mass is 160 g/mol. The number of hydroxylamine groups is 2. The van der Waals surface area contributed by atoms with Crippen molar-refractivity contribution in [2.24, 2.45) is 0 Å². The van der Waals surface area contributed by atoms with Gasteiger partial charge in [0.1, 0.15) is 0 Å². The van der Waals surface area contributed by atoms with Crippen molar-refractivity contribution in [3.05, 3.63) is 0 Å². The average molecular weight is 160 g/mol. The van der Waals surface area contributed by atoms with Gasteiger partial charge < -0.3 is 10.4 Å². The van der Waals surface area contributed by atoms with Crippen molar-refractivity contribution in [1.29, 1.82) is 0 Å². The van der Waals surface area contributed by atoms with E-state index in [1.165, 1.54) is 6.42 Å². The highest BCUT2D eigenvalue weighted by Gasteiger charge is 2.21. The first kappa shape index (κ1) is 8.93. The molecule has 0 amide bonds. The van der Waals surface area contributed by atoms with Crippen LogP contribution in [0.4, 0.5) is 0 Å². The SMILES string of the molecule is ON[C@@H]1CCCCC[C@H]1NO. The van der Waals surface area contributed by atoms with Gasteiger partial charge >= 0.3 is 0 Å². The third kappa shape index (κ3) is 2.41. The van der Waals surface area contributed by atoms with Crippen molar-refractivity contribution in [3.8, 4) is 0 Å². The molecule has 4 heteroatoms. The number of hydrogen-bond donors (Lipinski definition) is 4. The smallest absolute Gasteiger partial charge is 0.0495 e. The molecule has 0 aromatic carbocycles. The minimum Gasteiger partial charge on any atom is -0.316 e. The molecule has 1 rings (SSSR count). The molecular weight excluding hydrogens is 144 g/mol. The van der Waals surface area contributed by atoms with E-state index in [2.05, 4.69) is 11.0 Å². The highest BCUT2D eigenvalue weighted by atomic mass is 16.5. The fraction of sp³-hybridized carbons (Fsp3) is 1.00. The molecule has 1 aliphatic carbocycles. The van der Waals surface area contributed by atoms with Gasteiger partial charge in [0.15, 0.2) is 0 Å². The first-order valence-corrected chi connectivity index (χ1v) is 4.17. The maximum atomic E-state index is 8.72. The molecule has 1 aliphatic rings. The zero-order valence-electron chi connectivity index (χ0n) is 6.58. The van der Waals surface area contributed by atoms with Gasteiger partial charge in [0.2, 0.25) is 0 Å². The predicted octanol–water partition coefficient (Wildman–Crippen LogP) is 0.645. The molecule has 1 fully saturated rings. The Morgan fingerprint density at radius 3 is 1.64 bits per heavy atom. The molecule has 0 aliphatic heterocycles. The van der Waals surface area contributed by atoms with E-state index < -0.39 is 0 Å². The summed E-state index contributed by atoms with van der Waals surface area (Å²) < 4.78 is 0. The summed E-state index contributed by atoms with van der Waals surface area (Å²) in [5, 5.41) is 17.4. The summed E-state index contributed by atoms with van der Waals surface area (Å²) in [6, 6.07) is 0.00463. The molecule has 0 bridgehead atoms. The minimum atomic E-state index is 0.00231. The van der Waals surface area contributed by atoms with E-state index >= 15 is 0 Å². The molecule has 11 heavy (non-hydrogen) atoms. The third-order valence-corrected chi connectivity index (χ3v) is 2.35. The fourth-order valence-corrected chi connectivity index (χ4v) is 1.62. The lowest BCUT2D eigenvalue weighted by Crippen LogP contribution is -2.44. The highest BCUT2D eigenvalue weighted by Crippen LogP contribution is 2.17. The van der Waals surface area contributed by atoms with Crippen LogP contribution in [-0.2, 0) is 0 Å². The van der Waals surface area contributed by atoms with E-state index in [0.29, 0.717) is 0 Å².